The lowest BCUT2D eigenvalue weighted by Crippen LogP contribution is -1.93. The van der Waals surface area contributed by atoms with Gasteiger partial charge in [-0.15, -0.1) is 0 Å². The molecule has 0 aliphatic carbocycles. The van der Waals surface area contributed by atoms with Gasteiger partial charge >= 0.3 is 0 Å². The van der Waals surface area contributed by atoms with Crippen LogP contribution in [0.4, 0.5) is 0 Å². The largest absolute Gasteiger partial charge is 0.309 e. The Bertz CT molecular complexity index is 2550. The standard InChI is InChI=1S/C43H28N4/c1-2-10-36(11-3-1)47-42-20-19-33(25-37(42)38-28-44-23-21-43(38)47)30-13-15-31(16-14-30)35-26-40(46-41(27-35)39-12-6-7-22-45-39)34-18-17-29-8-4-5-9-32(29)24-34/h1-28H. The minimum Gasteiger partial charge on any atom is -0.309 e. The molecular formula is C43H28N4. The highest BCUT2D eigenvalue weighted by molar-refractivity contribution is 6.10. The first-order valence-electron chi connectivity index (χ1n) is 15.8. The molecule has 0 N–H and O–H groups in total. The predicted molar refractivity (Wildman–Crippen MR) is 193 cm³/mol. The first-order chi connectivity index (χ1) is 23.3. The zero-order valence-electron chi connectivity index (χ0n) is 25.5. The van der Waals surface area contributed by atoms with E-state index in [0.29, 0.717) is 0 Å². The van der Waals surface area contributed by atoms with E-state index in [0.717, 1.165) is 55.9 Å². The lowest BCUT2D eigenvalue weighted by Gasteiger charge is -2.11. The Balaban J connectivity index is 1.13. The monoisotopic (exact) mass is 600 g/mol. The molecule has 0 aliphatic heterocycles. The van der Waals surface area contributed by atoms with E-state index in [1.165, 1.54) is 27.2 Å². The third-order valence-electron chi connectivity index (χ3n) is 8.93. The quantitative estimate of drug-likeness (QED) is 0.197. The topological polar surface area (TPSA) is 43.6 Å². The summed E-state index contributed by atoms with van der Waals surface area (Å²) in [4.78, 5) is 14.2. The maximum absolute atomic E-state index is 5.08. The van der Waals surface area contributed by atoms with E-state index in [-0.39, 0.29) is 0 Å². The number of benzene rings is 5. The second-order valence-corrected chi connectivity index (χ2v) is 11.8. The summed E-state index contributed by atoms with van der Waals surface area (Å²) in [6, 6.07) is 53.4. The maximum Gasteiger partial charge on any atom is 0.0899 e. The smallest absolute Gasteiger partial charge is 0.0899 e. The van der Waals surface area contributed by atoms with Crippen molar-refractivity contribution in [3.8, 4) is 50.6 Å². The van der Waals surface area contributed by atoms with Gasteiger partial charge in [0, 0.05) is 40.6 Å². The summed E-state index contributed by atoms with van der Waals surface area (Å²) in [6.45, 7) is 0. The van der Waals surface area contributed by atoms with Gasteiger partial charge in [-0.3, -0.25) is 9.97 Å². The number of fused-ring (bicyclic) bond motifs is 4. The van der Waals surface area contributed by atoms with E-state index < -0.39 is 0 Å². The minimum absolute atomic E-state index is 0.851. The van der Waals surface area contributed by atoms with E-state index in [9.17, 15) is 0 Å². The van der Waals surface area contributed by atoms with Crippen molar-refractivity contribution in [3.63, 3.8) is 0 Å². The van der Waals surface area contributed by atoms with Gasteiger partial charge in [-0.1, -0.05) is 91.0 Å². The van der Waals surface area contributed by atoms with Gasteiger partial charge in [0.25, 0.3) is 0 Å². The predicted octanol–water partition coefficient (Wildman–Crippen LogP) is 10.8. The second-order valence-electron chi connectivity index (χ2n) is 11.8. The number of hydrogen-bond donors (Lipinski definition) is 0. The van der Waals surface area contributed by atoms with E-state index in [1.54, 1.807) is 0 Å². The van der Waals surface area contributed by atoms with Gasteiger partial charge < -0.3 is 4.57 Å². The Kier molecular flexibility index (Phi) is 6.43. The summed E-state index contributed by atoms with van der Waals surface area (Å²) >= 11 is 0. The van der Waals surface area contributed by atoms with E-state index in [1.807, 2.05) is 36.8 Å². The molecule has 4 aromatic heterocycles. The Morgan fingerprint density at radius 3 is 1.94 bits per heavy atom. The van der Waals surface area contributed by atoms with Gasteiger partial charge in [-0.05, 0) is 93.7 Å². The fourth-order valence-corrected chi connectivity index (χ4v) is 6.60. The highest BCUT2D eigenvalue weighted by Gasteiger charge is 2.14. The number of nitrogens with zero attached hydrogens (tertiary/aromatic N) is 4. The Morgan fingerprint density at radius 2 is 1.11 bits per heavy atom. The fraction of sp³-hybridized carbons (Fsp3) is 0. The number of aromatic nitrogens is 4. The summed E-state index contributed by atoms with van der Waals surface area (Å²) < 4.78 is 2.31. The van der Waals surface area contributed by atoms with Crippen LogP contribution in [0.3, 0.4) is 0 Å². The molecule has 4 heterocycles. The van der Waals surface area contributed by atoms with Crippen LogP contribution in [0.1, 0.15) is 0 Å². The van der Waals surface area contributed by atoms with Crippen molar-refractivity contribution < 1.29 is 0 Å². The van der Waals surface area contributed by atoms with Crippen LogP contribution >= 0.6 is 0 Å². The van der Waals surface area contributed by atoms with Crippen LogP contribution in [0.15, 0.2) is 170 Å². The first-order valence-corrected chi connectivity index (χ1v) is 15.8. The lowest BCUT2D eigenvalue weighted by molar-refractivity contribution is 1.17. The van der Waals surface area contributed by atoms with Gasteiger partial charge in [0.1, 0.15) is 0 Å². The number of para-hydroxylation sites is 1. The third-order valence-corrected chi connectivity index (χ3v) is 8.93. The molecule has 0 fully saturated rings. The fourth-order valence-electron chi connectivity index (χ4n) is 6.60. The third kappa shape index (κ3) is 4.84. The number of hydrogen-bond acceptors (Lipinski definition) is 3. The molecule has 0 spiro atoms. The Hall–Kier alpha value is -6.39. The number of pyridine rings is 3. The highest BCUT2D eigenvalue weighted by atomic mass is 15.0. The summed E-state index contributed by atoms with van der Waals surface area (Å²) in [7, 11) is 0. The molecule has 0 saturated heterocycles. The van der Waals surface area contributed by atoms with Crippen molar-refractivity contribution in [3.05, 3.63) is 170 Å². The first kappa shape index (κ1) is 27.0. The van der Waals surface area contributed by atoms with Gasteiger partial charge in [0.05, 0.1) is 28.1 Å². The van der Waals surface area contributed by atoms with Crippen LogP contribution in [0, 0.1) is 0 Å². The van der Waals surface area contributed by atoms with E-state index in [2.05, 4.69) is 148 Å². The molecule has 0 amide bonds. The van der Waals surface area contributed by atoms with E-state index >= 15 is 0 Å². The van der Waals surface area contributed by atoms with Crippen molar-refractivity contribution in [2.75, 3.05) is 0 Å². The van der Waals surface area contributed by atoms with Gasteiger partial charge in [-0.25, -0.2) is 4.98 Å². The average Bonchev–Trinajstić information content (AvgIpc) is 3.49. The molecular weight excluding hydrogens is 573 g/mol. The summed E-state index contributed by atoms with van der Waals surface area (Å²) in [5.41, 5.74) is 11.7. The zero-order chi connectivity index (χ0) is 31.2. The molecule has 0 unspecified atom stereocenters. The van der Waals surface area contributed by atoms with Crippen molar-refractivity contribution in [1.29, 1.82) is 0 Å². The Morgan fingerprint density at radius 1 is 0.404 bits per heavy atom. The molecule has 220 valence electrons. The molecule has 9 aromatic rings. The van der Waals surface area contributed by atoms with Crippen LogP contribution in [0.2, 0.25) is 0 Å². The van der Waals surface area contributed by atoms with Gasteiger partial charge in [-0.2, -0.15) is 0 Å². The minimum atomic E-state index is 0.851. The zero-order valence-corrected chi connectivity index (χ0v) is 25.5. The summed E-state index contributed by atoms with van der Waals surface area (Å²) in [6.07, 6.45) is 5.65. The van der Waals surface area contributed by atoms with E-state index in [4.69, 9.17) is 4.98 Å². The van der Waals surface area contributed by atoms with Crippen LogP contribution in [0.5, 0.6) is 0 Å². The number of rotatable bonds is 5. The molecule has 0 aliphatic rings. The molecule has 9 rings (SSSR count). The molecule has 0 bridgehead atoms. The maximum atomic E-state index is 5.08. The van der Waals surface area contributed by atoms with Crippen LogP contribution in [-0.2, 0) is 0 Å². The summed E-state index contributed by atoms with van der Waals surface area (Å²) in [5.74, 6) is 0. The van der Waals surface area contributed by atoms with Crippen molar-refractivity contribution in [2.45, 2.75) is 0 Å². The van der Waals surface area contributed by atoms with Crippen molar-refractivity contribution in [1.82, 2.24) is 19.5 Å². The van der Waals surface area contributed by atoms with Crippen LogP contribution in [-0.4, -0.2) is 19.5 Å². The van der Waals surface area contributed by atoms with Crippen molar-refractivity contribution in [2.24, 2.45) is 0 Å². The molecule has 5 aromatic carbocycles. The molecule has 4 heteroatoms. The molecule has 4 nitrogen and oxygen atoms in total. The average molecular weight is 601 g/mol. The molecule has 0 atom stereocenters. The van der Waals surface area contributed by atoms with Crippen LogP contribution in [0.25, 0.3) is 83.2 Å². The highest BCUT2D eigenvalue weighted by Crippen LogP contribution is 2.36. The van der Waals surface area contributed by atoms with Crippen LogP contribution < -0.4 is 0 Å². The normalized spacial score (nSPS) is 11.4. The second kappa shape index (κ2) is 11.2. The van der Waals surface area contributed by atoms with Gasteiger partial charge in [0.2, 0.25) is 0 Å². The summed E-state index contributed by atoms with van der Waals surface area (Å²) in [5, 5.41) is 4.74. The lowest BCUT2D eigenvalue weighted by atomic mass is 9.97. The molecule has 0 saturated carbocycles. The van der Waals surface area contributed by atoms with Crippen molar-refractivity contribution >= 4 is 32.6 Å². The SMILES string of the molecule is c1ccc(-n2c3ccncc3c3cc(-c4ccc(-c5cc(-c6ccc7ccccc7c6)nc(-c6ccccn6)c5)cc4)ccc32)cc1. The molecule has 0 radical (unpaired) electrons. The Labute approximate surface area is 272 Å². The van der Waals surface area contributed by atoms with Gasteiger partial charge in [0.15, 0.2) is 0 Å². The molecule has 47 heavy (non-hydrogen) atoms.